The van der Waals surface area contributed by atoms with Gasteiger partial charge in [-0.15, -0.1) is 0 Å². The van der Waals surface area contributed by atoms with Crippen molar-refractivity contribution in [3.05, 3.63) is 35.8 Å². The highest BCUT2D eigenvalue weighted by atomic mass is 19.1. The standard InChI is InChI=1S/C16H21FN4O/c17-12-3-4-15-14(8-12)11(9-20-15)5-6-19-16(18)21-10-13-2-1-7-22-13/h3-4,8-9,13,20H,1-2,5-7,10H2,(H3,18,19,21). The van der Waals surface area contributed by atoms with Crippen molar-refractivity contribution in [2.45, 2.75) is 25.4 Å². The third-order valence-electron chi connectivity index (χ3n) is 3.92. The number of aliphatic imine (C=N–C) groups is 1. The van der Waals surface area contributed by atoms with Gasteiger partial charge < -0.3 is 20.8 Å². The Morgan fingerprint density at radius 2 is 2.41 bits per heavy atom. The SMILES string of the molecule is NC(=NCC1CCCO1)NCCc1c[nH]c2ccc(F)cc12. The number of aromatic amines is 1. The Morgan fingerprint density at radius 3 is 3.23 bits per heavy atom. The van der Waals surface area contributed by atoms with E-state index in [0.29, 0.717) is 19.0 Å². The normalized spacial score (nSPS) is 19.0. The van der Waals surface area contributed by atoms with Crippen LogP contribution >= 0.6 is 0 Å². The van der Waals surface area contributed by atoms with E-state index in [-0.39, 0.29) is 11.9 Å². The van der Waals surface area contributed by atoms with Gasteiger partial charge in [0.25, 0.3) is 0 Å². The summed E-state index contributed by atoms with van der Waals surface area (Å²) in [5, 5.41) is 4.00. The maximum atomic E-state index is 13.3. The highest BCUT2D eigenvalue weighted by Crippen LogP contribution is 2.19. The molecule has 1 aliphatic heterocycles. The Balaban J connectivity index is 1.51. The summed E-state index contributed by atoms with van der Waals surface area (Å²) in [5.74, 6) is 0.209. The van der Waals surface area contributed by atoms with Gasteiger partial charge in [0.1, 0.15) is 5.82 Å². The predicted octanol–water partition coefficient (Wildman–Crippen LogP) is 1.93. The molecule has 22 heavy (non-hydrogen) atoms. The summed E-state index contributed by atoms with van der Waals surface area (Å²) in [4.78, 5) is 7.44. The maximum absolute atomic E-state index is 13.3. The van der Waals surface area contributed by atoms with Crippen molar-refractivity contribution in [3.63, 3.8) is 0 Å². The Morgan fingerprint density at radius 1 is 1.50 bits per heavy atom. The predicted molar refractivity (Wildman–Crippen MR) is 85.4 cm³/mol. The fourth-order valence-corrected chi connectivity index (χ4v) is 2.73. The van der Waals surface area contributed by atoms with Crippen LogP contribution < -0.4 is 11.1 Å². The molecule has 118 valence electrons. The minimum absolute atomic E-state index is 0.206. The number of halogens is 1. The van der Waals surface area contributed by atoms with Gasteiger partial charge in [-0.25, -0.2) is 4.39 Å². The van der Waals surface area contributed by atoms with Crippen LogP contribution in [0.3, 0.4) is 0 Å². The summed E-state index contributed by atoms with van der Waals surface area (Å²) >= 11 is 0. The Labute approximate surface area is 128 Å². The second-order valence-corrected chi connectivity index (χ2v) is 5.54. The zero-order chi connectivity index (χ0) is 15.4. The molecule has 1 saturated heterocycles. The zero-order valence-electron chi connectivity index (χ0n) is 12.4. The van der Waals surface area contributed by atoms with Crippen molar-refractivity contribution in [1.29, 1.82) is 0 Å². The van der Waals surface area contributed by atoms with E-state index in [4.69, 9.17) is 10.5 Å². The summed E-state index contributed by atoms with van der Waals surface area (Å²) in [6, 6.07) is 4.76. The zero-order valence-corrected chi connectivity index (χ0v) is 12.4. The van der Waals surface area contributed by atoms with Crippen LogP contribution in [0.25, 0.3) is 10.9 Å². The van der Waals surface area contributed by atoms with Gasteiger partial charge in [0, 0.05) is 30.3 Å². The third kappa shape index (κ3) is 3.57. The van der Waals surface area contributed by atoms with Crippen molar-refractivity contribution >= 4 is 16.9 Å². The van der Waals surface area contributed by atoms with Gasteiger partial charge in [0.15, 0.2) is 5.96 Å². The minimum atomic E-state index is -0.223. The first-order valence-electron chi connectivity index (χ1n) is 7.63. The Kier molecular flexibility index (Phi) is 4.58. The number of hydrogen-bond acceptors (Lipinski definition) is 2. The second kappa shape index (κ2) is 6.79. The molecule has 2 aromatic rings. The molecule has 1 aromatic carbocycles. The summed E-state index contributed by atoms with van der Waals surface area (Å²) in [5.41, 5.74) is 7.85. The highest BCUT2D eigenvalue weighted by Gasteiger charge is 2.14. The minimum Gasteiger partial charge on any atom is -0.376 e. The molecule has 1 fully saturated rings. The number of guanidine groups is 1. The van der Waals surface area contributed by atoms with Gasteiger partial charge in [-0.3, -0.25) is 4.99 Å². The van der Waals surface area contributed by atoms with E-state index in [2.05, 4.69) is 15.3 Å². The monoisotopic (exact) mass is 304 g/mol. The van der Waals surface area contributed by atoms with Crippen molar-refractivity contribution in [2.24, 2.45) is 10.7 Å². The van der Waals surface area contributed by atoms with Gasteiger partial charge >= 0.3 is 0 Å². The third-order valence-corrected chi connectivity index (χ3v) is 3.92. The maximum Gasteiger partial charge on any atom is 0.188 e. The van der Waals surface area contributed by atoms with E-state index in [1.165, 1.54) is 6.07 Å². The molecule has 0 radical (unpaired) electrons. The molecule has 0 spiro atoms. The lowest BCUT2D eigenvalue weighted by atomic mass is 10.1. The summed E-state index contributed by atoms with van der Waals surface area (Å²) < 4.78 is 18.8. The summed E-state index contributed by atoms with van der Waals surface area (Å²) in [6.07, 6.45) is 5.02. The molecule has 1 aromatic heterocycles. The molecule has 4 N–H and O–H groups in total. The molecular weight excluding hydrogens is 283 g/mol. The first-order valence-corrected chi connectivity index (χ1v) is 7.63. The van der Waals surface area contributed by atoms with E-state index >= 15 is 0 Å². The number of fused-ring (bicyclic) bond motifs is 1. The van der Waals surface area contributed by atoms with E-state index in [1.54, 1.807) is 12.1 Å². The number of benzene rings is 1. The van der Waals surface area contributed by atoms with E-state index in [9.17, 15) is 4.39 Å². The van der Waals surface area contributed by atoms with E-state index < -0.39 is 0 Å². The fraction of sp³-hybridized carbons (Fsp3) is 0.438. The first-order chi connectivity index (χ1) is 10.7. The van der Waals surface area contributed by atoms with Crippen LogP contribution in [-0.2, 0) is 11.2 Å². The van der Waals surface area contributed by atoms with Gasteiger partial charge in [-0.2, -0.15) is 0 Å². The number of nitrogens with one attached hydrogen (secondary N) is 2. The molecule has 0 bridgehead atoms. The molecule has 2 heterocycles. The molecule has 1 atom stereocenters. The second-order valence-electron chi connectivity index (χ2n) is 5.54. The van der Waals surface area contributed by atoms with Gasteiger partial charge in [0.05, 0.1) is 12.6 Å². The van der Waals surface area contributed by atoms with Crippen LogP contribution in [0.1, 0.15) is 18.4 Å². The molecular formula is C16H21FN4O. The lowest BCUT2D eigenvalue weighted by Gasteiger charge is -2.08. The summed E-state index contributed by atoms with van der Waals surface area (Å²) in [6.45, 7) is 2.09. The molecule has 0 aliphatic carbocycles. The number of aromatic nitrogens is 1. The van der Waals surface area contributed by atoms with Crippen LogP contribution in [-0.4, -0.2) is 36.7 Å². The van der Waals surface area contributed by atoms with Crippen LogP contribution in [0.4, 0.5) is 4.39 Å². The number of H-pyrrole nitrogens is 1. The smallest absolute Gasteiger partial charge is 0.188 e. The van der Waals surface area contributed by atoms with Crippen LogP contribution in [0, 0.1) is 5.82 Å². The number of ether oxygens (including phenoxy) is 1. The quantitative estimate of drug-likeness (QED) is 0.583. The van der Waals surface area contributed by atoms with Crippen molar-refractivity contribution in [3.8, 4) is 0 Å². The van der Waals surface area contributed by atoms with Gasteiger partial charge in [-0.05, 0) is 43.0 Å². The lowest BCUT2D eigenvalue weighted by molar-refractivity contribution is 0.118. The molecule has 0 amide bonds. The molecule has 5 nitrogen and oxygen atoms in total. The average Bonchev–Trinajstić information content (AvgIpc) is 3.15. The molecule has 0 saturated carbocycles. The molecule has 1 aliphatic rings. The van der Waals surface area contributed by atoms with Crippen molar-refractivity contribution in [2.75, 3.05) is 19.7 Å². The number of hydrogen-bond donors (Lipinski definition) is 3. The van der Waals surface area contributed by atoms with Crippen LogP contribution in [0.2, 0.25) is 0 Å². The largest absolute Gasteiger partial charge is 0.376 e. The fourth-order valence-electron chi connectivity index (χ4n) is 2.73. The average molecular weight is 304 g/mol. The highest BCUT2D eigenvalue weighted by molar-refractivity contribution is 5.83. The van der Waals surface area contributed by atoms with Gasteiger partial charge in [-0.1, -0.05) is 0 Å². The summed E-state index contributed by atoms with van der Waals surface area (Å²) in [7, 11) is 0. The Hall–Kier alpha value is -2.08. The first kappa shape index (κ1) is 14.8. The van der Waals surface area contributed by atoms with Gasteiger partial charge in [0.2, 0.25) is 0 Å². The number of nitrogens with two attached hydrogens (primary N) is 1. The molecule has 1 unspecified atom stereocenters. The topological polar surface area (TPSA) is 75.4 Å². The van der Waals surface area contributed by atoms with E-state index in [1.807, 2.05) is 6.20 Å². The van der Waals surface area contributed by atoms with Crippen LogP contribution in [0.5, 0.6) is 0 Å². The number of nitrogens with zero attached hydrogens (tertiary/aromatic N) is 1. The van der Waals surface area contributed by atoms with Crippen LogP contribution in [0.15, 0.2) is 29.4 Å². The Bertz CT molecular complexity index is 661. The van der Waals surface area contributed by atoms with Crippen molar-refractivity contribution in [1.82, 2.24) is 10.3 Å². The number of rotatable bonds is 5. The molecule has 3 rings (SSSR count). The van der Waals surface area contributed by atoms with E-state index in [0.717, 1.165) is 42.3 Å². The molecule has 6 heteroatoms. The lowest BCUT2D eigenvalue weighted by Crippen LogP contribution is -2.34. The van der Waals surface area contributed by atoms with Crippen molar-refractivity contribution < 1.29 is 9.13 Å².